The fraction of sp³-hybridized carbons (Fsp3) is 0.556. The summed E-state index contributed by atoms with van der Waals surface area (Å²) in [7, 11) is -3.96. The summed E-state index contributed by atoms with van der Waals surface area (Å²) in [4.78, 5) is 38.6. The van der Waals surface area contributed by atoms with Gasteiger partial charge in [-0.2, -0.15) is 5.10 Å². The summed E-state index contributed by atoms with van der Waals surface area (Å²) in [6.07, 6.45) is 0.348. The van der Waals surface area contributed by atoms with Crippen molar-refractivity contribution in [3.63, 3.8) is 0 Å². The van der Waals surface area contributed by atoms with Gasteiger partial charge in [0.2, 0.25) is 21.7 Å². The van der Waals surface area contributed by atoms with Crippen molar-refractivity contribution in [3.05, 3.63) is 35.7 Å². The van der Waals surface area contributed by atoms with Crippen LogP contribution in [0.15, 0.2) is 34.1 Å². The molecule has 1 N–H and O–H groups in total. The standard InChI is InChI=1S/C27H38N4O6S/c1-9-20-23(21(10-2)30(29-20)16-17(3)28-25(34)37-26(4,5)6)38(35,36)19-13-11-18(12-14-19)31-22(32)15-27(7,8)24(31)33/h11-14,17H,9-10,15-16H2,1-8H3,(H,28,34)/t17-/m0/s1. The van der Waals surface area contributed by atoms with E-state index < -0.39 is 26.9 Å². The number of alkyl carbamates (subject to hydrolysis) is 1. The van der Waals surface area contributed by atoms with Crippen LogP contribution in [0.3, 0.4) is 0 Å². The van der Waals surface area contributed by atoms with Crippen LogP contribution in [0, 0.1) is 5.41 Å². The quantitative estimate of drug-likeness (QED) is 0.495. The molecule has 38 heavy (non-hydrogen) atoms. The van der Waals surface area contributed by atoms with Gasteiger partial charge in [0.05, 0.1) is 33.9 Å². The minimum absolute atomic E-state index is 0.0449. The van der Waals surface area contributed by atoms with Crippen LogP contribution in [0.5, 0.6) is 0 Å². The molecule has 0 unspecified atom stereocenters. The van der Waals surface area contributed by atoms with E-state index in [1.165, 1.54) is 24.3 Å². The van der Waals surface area contributed by atoms with E-state index >= 15 is 0 Å². The molecule has 11 heteroatoms. The number of sulfone groups is 1. The Balaban J connectivity index is 1.91. The topological polar surface area (TPSA) is 128 Å². The third kappa shape index (κ3) is 5.92. The number of anilines is 1. The molecule has 1 aromatic heterocycles. The Hall–Kier alpha value is -3.21. The molecule has 1 atom stereocenters. The normalized spacial score (nSPS) is 16.6. The maximum Gasteiger partial charge on any atom is 0.407 e. The highest BCUT2D eigenvalue weighted by Crippen LogP contribution is 2.36. The van der Waals surface area contributed by atoms with Gasteiger partial charge in [-0.1, -0.05) is 27.7 Å². The Kier molecular flexibility index (Phi) is 8.12. The molecule has 208 valence electrons. The van der Waals surface area contributed by atoms with E-state index in [1.807, 2.05) is 13.8 Å². The number of rotatable bonds is 8. The first-order valence-electron chi connectivity index (χ1n) is 12.8. The van der Waals surface area contributed by atoms with Crippen LogP contribution in [0.25, 0.3) is 0 Å². The van der Waals surface area contributed by atoms with Crippen molar-refractivity contribution in [2.45, 2.75) is 103 Å². The first-order valence-corrected chi connectivity index (χ1v) is 14.3. The average molecular weight is 547 g/mol. The van der Waals surface area contributed by atoms with Crippen LogP contribution >= 0.6 is 0 Å². The molecule has 3 rings (SSSR count). The van der Waals surface area contributed by atoms with Crippen molar-refractivity contribution in [2.24, 2.45) is 5.41 Å². The van der Waals surface area contributed by atoms with Crippen molar-refractivity contribution in [1.29, 1.82) is 0 Å². The van der Waals surface area contributed by atoms with E-state index in [0.717, 1.165) is 4.90 Å². The number of amides is 3. The van der Waals surface area contributed by atoms with E-state index in [0.29, 0.717) is 29.9 Å². The molecule has 0 bridgehead atoms. The average Bonchev–Trinajstić information content (AvgIpc) is 3.25. The molecule has 0 spiro atoms. The highest BCUT2D eigenvalue weighted by molar-refractivity contribution is 7.91. The van der Waals surface area contributed by atoms with Gasteiger partial charge in [-0.15, -0.1) is 0 Å². The highest BCUT2D eigenvalue weighted by atomic mass is 32.2. The smallest absolute Gasteiger partial charge is 0.407 e. The van der Waals surface area contributed by atoms with E-state index in [1.54, 1.807) is 46.2 Å². The van der Waals surface area contributed by atoms with Crippen LogP contribution in [0.2, 0.25) is 0 Å². The maximum atomic E-state index is 13.8. The lowest BCUT2D eigenvalue weighted by Gasteiger charge is -2.22. The minimum Gasteiger partial charge on any atom is -0.444 e. The second-order valence-electron chi connectivity index (χ2n) is 11.3. The molecule has 1 aliphatic rings. The van der Waals surface area contributed by atoms with Crippen molar-refractivity contribution in [1.82, 2.24) is 15.1 Å². The number of imide groups is 1. The van der Waals surface area contributed by atoms with Gasteiger partial charge in [0, 0.05) is 12.5 Å². The van der Waals surface area contributed by atoms with Crippen LogP contribution in [-0.4, -0.2) is 47.7 Å². The van der Waals surface area contributed by atoms with Gasteiger partial charge in [-0.25, -0.2) is 13.2 Å². The summed E-state index contributed by atoms with van der Waals surface area (Å²) < 4.78 is 34.5. The monoisotopic (exact) mass is 546 g/mol. The summed E-state index contributed by atoms with van der Waals surface area (Å²) >= 11 is 0. The molecule has 1 fully saturated rings. The summed E-state index contributed by atoms with van der Waals surface area (Å²) in [5.41, 5.74) is -0.120. The van der Waals surface area contributed by atoms with Gasteiger partial charge in [-0.3, -0.25) is 19.2 Å². The minimum atomic E-state index is -3.96. The number of aryl methyl sites for hydroxylation is 1. The number of nitrogens with one attached hydrogen (secondary N) is 1. The SMILES string of the molecule is CCc1nn(C[C@H](C)NC(=O)OC(C)(C)C)c(CC)c1S(=O)(=O)c1ccc(N2C(=O)CC(C)(C)C2=O)cc1. The van der Waals surface area contributed by atoms with Gasteiger partial charge in [-0.05, 0) is 64.8 Å². The summed E-state index contributed by atoms with van der Waals surface area (Å²) in [5.74, 6) is -0.623. The molecule has 10 nitrogen and oxygen atoms in total. The molecule has 0 radical (unpaired) electrons. The van der Waals surface area contributed by atoms with E-state index in [9.17, 15) is 22.8 Å². The van der Waals surface area contributed by atoms with Crippen LogP contribution in [0.4, 0.5) is 10.5 Å². The van der Waals surface area contributed by atoms with Crippen LogP contribution < -0.4 is 10.2 Å². The van der Waals surface area contributed by atoms with Crippen molar-refractivity contribution >= 4 is 33.4 Å². The first-order chi connectivity index (χ1) is 17.5. The number of carbonyl (C=O) groups is 3. The first kappa shape index (κ1) is 29.3. The number of hydrogen-bond donors (Lipinski definition) is 1. The second-order valence-corrected chi connectivity index (χ2v) is 13.1. The van der Waals surface area contributed by atoms with Gasteiger partial charge < -0.3 is 10.1 Å². The molecule has 3 amide bonds. The molecule has 1 aromatic carbocycles. The third-order valence-electron chi connectivity index (χ3n) is 6.26. The fourth-order valence-electron chi connectivity index (χ4n) is 4.49. The zero-order chi connectivity index (χ0) is 28.6. The van der Waals surface area contributed by atoms with Gasteiger partial charge in [0.15, 0.2) is 0 Å². The van der Waals surface area contributed by atoms with E-state index in [4.69, 9.17) is 4.74 Å². The molecular weight excluding hydrogens is 508 g/mol. The Labute approximate surface area is 224 Å². The van der Waals surface area contributed by atoms with Crippen molar-refractivity contribution in [3.8, 4) is 0 Å². The maximum absolute atomic E-state index is 13.8. The lowest BCUT2D eigenvalue weighted by molar-refractivity contribution is -0.124. The van der Waals surface area contributed by atoms with Crippen molar-refractivity contribution in [2.75, 3.05) is 4.90 Å². The Bertz CT molecular complexity index is 1340. The molecule has 0 aliphatic carbocycles. The number of hydrogen-bond acceptors (Lipinski definition) is 7. The van der Waals surface area contributed by atoms with Gasteiger partial charge in [0.1, 0.15) is 10.5 Å². The molecule has 1 aliphatic heterocycles. The number of aromatic nitrogens is 2. The highest BCUT2D eigenvalue weighted by Gasteiger charge is 2.45. The number of nitrogens with zero attached hydrogens (tertiary/aromatic N) is 3. The predicted octanol–water partition coefficient (Wildman–Crippen LogP) is 4.04. The molecule has 2 heterocycles. The summed E-state index contributed by atoms with van der Waals surface area (Å²) in [6.45, 7) is 14.5. The number of benzene rings is 1. The zero-order valence-corrected chi connectivity index (χ0v) is 24.2. The van der Waals surface area contributed by atoms with E-state index in [2.05, 4.69) is 10.4 Å². The molecular formula is C27H38N4O6S. The van der Waals surface area contributed by atoms with Crippen LogP contribution in [0.1, 0.15) is 73.2 Å². The number of ether oxygens (including phenoxy) is 1. The second kappa shape index (κ2) is 10.5. The van der Waals surface area contributed by atoms with Gasteiger partial charge in [0.25, 0.3) is 0 Å². The fourth-order valence-corrected chi connectivity index (χ4v) is 6.27. The number of carbonyl (C=O) groups excluding carboxylic acids is 3. The third-order valence-corrected chi connectivity index (χ3v) is 8.16. The Morgan fingerprint density at radius 3 is 2.21 bits per heavy atom. The molecule has 1 saturated heterocycles. The van der Waals surface area contributed by atoms with Crippen LogP contribution in [-0.2, 0) is 43.5 Å². The Morgan fingerprint density at radius 1 is 1.13 bits per heavy atom. The molecule has 0 saturated carbocycles. The van der Waals surface area contributed by atoms with E-state index in [-0.39, 0.29) is 40.6 Å². The zero-order valence-electron chi connectivity index (χ0n) is 23.4. The lowest BCUT2D eigenvalue weighted by Crippen LogP contribution is -2.40. The lowest BCUT2D eigenvalue weighted by atomic mass is 9.92. The van der Waals surface area contributed by atoms with Crippen molar-refractivity contribution < 1.29 is 27.5 Å². The predicted molar refractivity (Wildman–Crippen MR) is 143 cm³/mol. The summed E-state index contributed by atoms with van der Waals surface area (Å²) in [5, 5.41) is 7.35. The molecule has 2 aromatic rings. The van der Waals surface area contributed by atoms with Gasteiger partial charge >= 0.3 is 6.09 Å². The Morgan fingerprint density at radius 2 is 1.74 bits per heavy atom. The summed E-state index contributed by atoms with van der Waals surface area (Å²) in [6, 6.07) is 5.44. The largest absolute Gasteiger partial charge is 0.444 e.